The van der Waals surface area contributed by atoms with E-state index in [9.17, 15) is 18.8 Å². The molecular weight excluding hydrogens is 473 g/mol. The van der Waals surface area contributed by atoms with Crippen LogP contribution in [-0.2, 0) is 4.79 Å². The van der Waals surface area contributed by atoms with Crippen LogP contribution >= 0.6 is 11.6 Å². The predicted octanol–water partition coefficient (Wildman–Crippen LogP) is 3.52. The zero-order valence-electron chi connectivity index (χ0n) is 18.2. The minimum absolute atomic E-state index is 0.0833. The van der Waals surface area contributed by atoms with Crippen molar-refractivity contribution >= 4 is 29.3 Å². The largest absolute Gasteiger partial charge is 0.343 e. The van der Waals surface area contributed by atoms with Crippen LogP contribution in [0, 0.1) is 5.82 Å². The summed E-state index contributed by atoms with van der Waals surface area (Å²) in [5.74, 6) is -3.00. The van der Waals surface area contributed by atoms with Crippen LogP contribution in [0.5, 0.6) is 0 Å². The maximum atomic E-state index is 13.9. The van der Waals surface area contributed by atoms with Gasteiger partial charge in [-0.15, -0.1) is 0 Å². The van der Waals surface area contributed by atoms with Crippen LogP contribution in [0.1, 0.15) is 20.7 Å². The summed E-state index contributed by atoms with van der Waals surface area (Å²) < 4.78 is 15.4. The van der Waals surface area contributed by atoms with Gasteiger partial charge in [0, 0.05) is 11.8 Å². The lowest BCUT2D eigenvalue weighted by Gasteiger charge is -2.09. The molecule has 3 N–H and O–H groups in total. The number of hydrogen-bond acceptors (Lipinski definition) is 4. The number of hydrazine groups is 1. The van der Waals surface area contributed by atoms with E-state index in [2.05, 4.69) is 21.3 Å². The number of nitrogens with one attached hydrogen (secondary N) is 3. The SMILES string of the molecule is O=C(CNC(=O)c1c(F)cccc1Cl)NNC(=O)c1cn(-c2ccccc2)nc1-c1ccccc1. The van der Waals surface area contributed by atoms with Crippen molar-refractivity contribution in [2.45, 2.75) is 0 Å². The van der Waals surface area contributed by atoms with E-state index in [0.717, 1.165) is 11.8 Å². The van der Waals surface area contributed by atoms with Gasteiger partial charge in [-0.3, -0.25) is 25.2 Å². The third-order valence-corrected chi connectivity index (χ3v) is 5.26. The van der Waals surface area contributed by atoms with E-state index >= 15 is 0 Å². The van der Waals surface area contributed by atoms with E-state index in [-0.39, 0.29) is 16.1 Å². The van der Waals surface area contributed by atoms with Gasteiger partial charge in [-0.25, -0.2) is 9.07 Å². The molecule has 0 saturated heterocycles. The maximum absolute atomic E-state index is 13.9. The van der Waals surface area contributed by atoms with Crippen LogP contribution in [0.4, 0.5) is 4.39 Å². The lowest BCUT2D eigenvalue weighted by atomic mass is 10.1. The molecule has 0 unspecified atom stereocenters. The summed E-state index contributed by atoms with van der Waals surface area (Å²) in [6.45, 7) is -0.515. The van der Waals surface area contributed by atoms with Gasteiger partial charge in [0.05, 0.1) is 28.4 Å². The molecule has 0 aliphatic rings. The van der Waals surface area contributed by atoms with E-state index < -0.39 is 30.1 Å². The van der Waals surface area contributed by atoms with Gasteiger partial charge < -0.3 is 5.32 Å². The Hall–Kier alpha value is -4.50. The quantitative estimate of drug-likeness (QED) is 0.359. The Kier molecular flexibility index (Phi) is 7.18. The summed E-state index contributed by atoms with van der Waals surface area (Å²) in [7, 11) is 0. The summed E-state index contributed by atoms with van der Waals surface area (Å²) in [5.41, 5.74) is 6.29. The first-order chi connectivity index (χ1) is 16.9. The van der Waals surface area contributed by atoms with Crippen molar-refractivity contribution in [3.05, 3.63) is 107 Å². The zero-order valence-corrected chi connectivity index (χ0v) is 18.9. The number of carbonyl (C=O) groups is 3. The molecule has 1 aromatic heterocycles. The molecule has 4 aromatic rings. The lowest BCUT2D eigenvalue weighted by Crippen LogP contribution is -2.46. The molecule has 0 atom stereocenters. The third kappa shape index (κ3) is 5.53. The van der Waals surface area contributed by atoms with Crippen molar-refractivity contribution in [3.63, 3.8) is 0 Å². The molecule has 0 spiro atoms. The van der Waals surface area contributed by atoms with Crippen LogP contribution in [0.3, 0.4) is 0 Å². The van der Waals surface area contributed by atoms with Crippen molar-refractivity contribution in [1.82, 2.24) is 25.9 Å². The Morgan fingerprint density at radius 1 is 0.857 bits per heavy atom. The van der Waals surface area contributed by atoms with Gasteiger partial charge in [-0.05, 0) is 24.3 Å². The predicted molar refractivity (Wildman–Crippen MR) is 128 cm³/mol. The first kappa shape index (κ1) is 23.7. The van der Waals surface area contributed by atoms with E-state index in [0.29, 0.717) is 11.3 Å². The van der Waals surface area contributed by atoms with Gasteiger partial charge in [0.25, 0.3) is 17.7 Å². The van der Waals surface area contributed by atoms with Crippen molar-refractivity contribution in [3.8, 4) is 16.9 Å². The number of hydrogen-bond donors (Lipinski definition) is 3. The van der Waals surface area contributed by atoms with Gasteiger partial charge in [0.15, 0.2) is 0 Å². The zero-order chi connectivity index (χ0) is 24.8. The molecule has 4 rings (SSSR count). The van der Waals surface area contributed by atoms with Gasteiger partial charge in [0.1, 0.15) is 11.5 Å². The smallest absolute Gasteiger partial charge is 0.273 e. The lowest BCUT2D eigenvalue weighted by molar-refractivity contribution is -0.120. The number of aromatic nitrogens is 2. The number of benzene rings is 3. The number of halogens is 2. The number of nitrogens with zero attached hydrogens (tertiary/aromatic N) is 2. The number of amides is 3. The molecule has 35 heavy (non-hydrogen) atoms. The molecular formula is C25H19ClFN5O3. The Morgan fingerprint density at radius 2 is 1.54 bits per heavy atom. The Labute approximate surface area is 204 Å². The van der Waals surface area contributed by atoms with Gasteiger partial charge in [0.2, 0.25) is 0 Å². The second-order valence-corrected chi connectivity index (χ2v) is 7.73. The Balaban J connectivity index is 1.44. The molecule has 0 radical (unpaired) electrons. The standard InChI is InChI=1S/C25H19ClFN5O3/c26-19-12-7-13-20(27)22(19)25(35)28-14-21(33)29-30-24(34)18-15-32(17-10-5-2-6-11-17)31-23(18)16-8-3-1-4-9-16/h1-13,15H,14H2,(H,28,35)(H,29,33)(H,30,34). The highest BCUT2D eigenvalue weighted by Crippen LogP contribution is 2.23. The van der Waals surface area contributed by atoms with E-state index in [1.807, 2.05) is 60.7 Å². The second-order valence-electron chi connectivity index (χ2n) is 7.32. The van der Waals surface area contributed by atoms with Gasteiger partial charge in [-0.1, -0.05) is 66.2 Å². The van der Waals surface area contributed by atoms with E-state index in [1.165, 1.54) is 12.1 Å². The number of para-hydroxylation sites is 1. The fourth-order valence-electron chi connectivity index (χ4n) is 3.26. The third-order valence-electron chi connectivity index (χ3n) is 4.94. The maximum Gasteiger partial charge on any atom is 0.273 e. The first-order valence-electron chi connectivity index (χ1n) is 10.5. The van der Waals surface area contributed by atoms with Crippen LogP contribution in [-0.4, -0.2) is 34.0 Å². The minimum atomic E-state index is -0.856. The normalized spacial score (nSPS) is 10.5. The molecule has 0 aliphatic heterocycles. The van der Waals surface area contributed by atoms with Crippen LogP contribution in [0.25, 0.3) is 16.9 Å². The molecule has 8 nitrogen and oxygen atoms in total. The summed E-state index contributed by atoms with van der Waals surface area (Å²) in [6.07, 6.45) is 1.56. The molecule has 0 saturated carbocycles. The number of rotatable bonds is 6. The van der Waals surface area contributed by atoms with Gasteiger partial charge >= 0.3 is 0 Å². The molecule has 0 fully saturated rings. The molecule has 0 aliphatic carbocycles. The van der Waals surface area contributed by atoms with Crippen molar-refractivity contribution in [2.24, 2.45) is 0 Å². The van der Waals surface area contributed by atoms with Crippen molar-refractivity contribution in [2.75, 3.05) is 6.54 Å². The highest BCUT2D eigenvalue weighted by molar-refractivity contribution is 6.33. The van der Waals surface area contributed by atoms with Crippen LogP contribution < -0.4 is 16.2 Å². The first-order valence-corrected chi connectivity index (χ1v) is 10.8. The molecule has 0 bridgehead atoms. The van der Waals surface area contributed by atoms with E-state index in [4.69, 9.17) is 11.6 Å². The Morgan fingerprint density at radius 3 is 2.23 bits per heavy atom. The second kappa shape index (κ2) is 10.6. The van der Waals surface area contributed by atoms with E-state index in [1.54, 1.807) is 10.9 Å². The fourth-order valence-corrected chi connectivity index (χ4v) is 3.51. The van der Waals surface area contributed by atoms with Crippen LogP contribution in [0.15, 0.2) is 85.1 Å². The Bertz CT molecular complexity index is 1360. The molecule has 3 aromatic carbocycles. The van der Waals surface area contributed by atoms with Crippen molar-refractivity contribution in [1.29, 1.82) is 0 Å². The highest BCUT2D eigenvalue weighted by Gasteiger charge is 2.20. The number of carbonyl (C=O) groups excluding carboxylic acids is 3. The van der Waals surface area contributed by atoms with Gasteiger partial charge in [-0.2, -0.15) is 5.10 Å². The summed E-state index contributed by atoms with van der Waals surface area (Å²) >= 11 is 5.86. The topological polar surface area (TPSA) is 105 Å². The molecule has 10 heteroatoms. The average Bonchev–Trinajstić information content (AvgIpc) is 3.33. The van der Waals surface area contributed by atoms with Crippen LogP contribution in [0.2, 0.25) is 5.02 Å². The monoisotopic (exact) mass is 491 g/mol. The fraction of sp³-hybridized carbons (Fsp3) is 0.0400. The molecule has 3 amide bonds. The highest BCUT2D eigenvalue weighted by atomic mass is 35.5. The summed E-state index contributed by atoms with van der Waals surface area (Å²) in [6, 6.07) is 22.2. The minimum Gasteiger partial charge on any atom is -0.343 e. The molecule has 176 valence electrons. The van der Waals surface area contributed by atoms with Crippen molar-refractivity contribution < 1.29 is 18.8 Å². The summed E-state index contributed by atoms with van der Waals surface area (Å²) in [5, 5.41) is 6.73. The summed E-state index contributed by atoms with van der Waals surface area (Å²) in [4.78, 5) is 37.3. The molecule has 1 heterocycles. The average molecular weight is 492 g/mol.